The normalized spacial score (nSPS) is 28.1. The Bertz CT molecular complexity index is 1110. The van der Waals surface area contributed by atoms with Gasteiger partial charge in [0.15, 0.2) is 6.04 Å². The van der Waals surface area contributed by atoms with Crippen molar-refractivity contribution in [3.8, 4) is 0 Å². The number of benzene rings is 1. The van der Waals surface area contributed by atoms with Gasteiger partial charge in [-0.2, -0.15) is 13.2 Å². The maximum atomic E-state index is 14.1. The molecule has 1 spiro atoms. The van der Waals surface area contributed by atoms with Crippen LogP contribution in [-0.2, 0) is 16.6 Å². The van der Waals surface area contributed by atoms with E-state index in [-0.39, 0.29) is 28.6 Å². The average Bonchev–Trinajstić information content (AvgIpc) is 3.02. The monoisotopic (exact) mass is 486 g/mol. The molecule has 1 saturated carbocycles. The van der Waals surface area contributed by atoms with Crippen molar-refractivity contribution < 1.29 is 18.0 Å². The van der Waals surface area contributed by atoms with Crippen LogP contribution in [0.3, 0.4) is 0 Å². The Labute approximate surface area is 204 Å². The number of likely N-dealkylation sites (tertiary alicyclic amines) is 1. The Hall–Kier alpha value is -2.61. The Kier molecular flexibility index (Phi) is 5.66. The number of anilines is 1. The van der Waals surface area contributed by atoms with Crippen molar-refractivity contribution in [1.29, 1.82) is 0 Å². The van der Waals surface area contributed by atoms with E-state index in [1.165, 1.54) is 30.4 Å². The molecule has 2 heterocycles. The Morgan fingerprint density at radius 3 is 2.46 bits per heavy atom. The summed E-state index contributed by atoms with van der Waals surface area (Å²) in [6.07, 6.45) is -0.0482. The summed E-state index contributed by atoms with van der Waals surface area (Å²) in [5, 5.41) is 3.47. The summed E-state index contributed by atoms with van der Waals surface area (Å²) in [5.41, 5.74) is 2.97. The maximum absolute atomic E-state index is 14.1. The van der Waals surface area contributed by atoms with E-state index in [0.717, 1.165) is 24.3 Å². The summed E-state index contributed by atoms with van der Waals surface area (Å²) in [7, 11) is 3.26. The van der Waals surface area contributed by atoms with E-state index in [1.54, 1.807) is 6.07 Å². The van der Waals surface area contributed by atoms with Gasteiger partial charge >= 0.3 is 6.18 Å². The lowest BCUT2D eigenvalue weighted by Gasteiger charge is -2.60. The van der Waals surface area contributed by atoms with Gasteiger partial charge in [-0.05, 0) is 56.0 Å². The number of fused-ring (bicyclic) bond motifs is 1. The van der Waals surface area contributed by atoms with Gasteiger partial charge < -0.3 is 15.1 Å². The number of amides is 1. The first-order valence-corrected chi connectivity index (χ1v) is 12.3. The van der Waals surface area contributed by atoms with Crippen molar-refractivity contribution in [3.05, 3.63) is 59.4 Å². The minimum atomic E-state index is -4.61. The number of carbonyl (C=O) groups excluding carboxylic acids is 1. The number of carbonyl (C=O) groups is 1. The van der Waals surface area contributed by atoms with Crippen LogP contribution in [0.4, 0.5) is 18.9 Å². The zero-order valence-electron chi connectivity index (χ0n) is 20.7. The third-order valence-corrected chi connectivity index (χ3v) is 8.78. The second-order valence-corrected chi connectivity index (χ2v) is 11.1. The Balaban J connectivity index is 1.29. The predicted octanol–water partition coefficient (Wildman–Crippen LogP) is 4.94. The molecule has 1 unspecified atom stereocenters. The minimum Gasteiger partial charge on any atom is -0.380 e. The first-order valence-electron chi connectivity index (χ1n) is 12.3. The van der Waals surface area contributed by atoms with Crippen LogP contribution in [0.1, 0.15) is 56.0 Å². The summed E-state index contributed by atoms with van der Waals surface area (Å²) in [4.78, 5) is 20.2. The molecule has 188 valence electrons. The lowest BCUT2D eigenvalue weighted by atomic mass is 9.61. The topological polar surface area (TPSA) is 48.5 Å². The number of aromatic nitrogens is 1. The third-order valence-electron chi connectivity index (χ3n) is 8.78. The number of pyridine rings is 1. The fourth-order valence-electron chi connectivity index (χ4n) is 6.28. The van der Waals surface area contributed by atoms with Gasteiger partial charge in [0, 0.05) is 36.5 Å². The van der Waals surface area contributed by atoms with Crippen molar-refractivity contribution in [2.24, 2.45) is 5.92 Å². The molecule has 8 heteroatoms. The van der Waals surface area contributed by atoms with Crippen molar-refractivity contribution >= 4 is 11.6 Å². The Morgan fingerprint density at radius 2 is 1.91 bits per heavy atom. The van der Waals surface area contributed by atoms with Gasteiger partial charge in [0.2, 0.25) is 5.91 Å². The minimum absolute atomic E-state index is 0.0220. The Morgan fingerprint density at radius 1 is 1.20 bits per heavy atom. The quantitative estimate of drug-likeness (QED) is 0.650. The van der Waals surface area contributed by atoms with E-state index in [1.807, 2.05) is 19.2 Å². The lowest BCUT2D eigenvalue weighted by Crippen LogP contribution is -2.66. The second kappa shape index (κ2) is 8.22. The first-order chi connectivity index (χ1) is 16.4. The van der Waals surface area contributed by atoms with E-state index in [2.05, 4.69) is 41.2 Å². The van der Waals surface area contributed by atoms with E-state index < -0.39 is 18.1 Å². The summed E-state index contributed by atoms with van der Waals surface area (Å²) in [5.74, 6) is -0.813. The zero-order valence-corrected chi connectivity index (χ0v) is 20.7. The standard InChI is InChI=1S/C27H33F3N4O/c1-25(2)20-8-6-5-7-17(20)13-22(25)32-19-9-10-21(31-16-19)23(27(28,29)30)34(4)24(35)18-14-26(15-18)11-12-33(26)3/h5-10,16,18,22-23,32H,11-15H2,1-4H3/t18?,22?,23-,26?/m0/s1. The van der Waals surface area contributed by atoms with Crippen LogP contribution in [0.2, 0.25) is 0 Å². The number of hydrogen-bond donors (Lipinski definition) is 1. The molecule has 2 aliphatic carbocycles. The molecular formula is C27H33F3N4O. The van der Waals surface area contributed by atoms with Crippen molar-refractivity contribution in [3.63, 3.8) is 0 Å². The number of rotatable bonds is 5. The summed E-state index contributed by atoms with van der Waals surface area (Å²) >= 11 is 0. The largest absolute Gasteiger partial charge is 0.414 e. The highest BCUT2D eigenvalue weighted by atomic mass is 19.4. The van der Waals surface area contributed by atoms with Crippen LogP contribution in [-0.4, -0.2) is 59.1 Å². The number of hydrogen-bond acceptors (Lipinski definition) is 4. The van der Waals surface area contributed by atoms with Crippen molar-refractivity contribution in [2.45, 2.75) is 68.7 Å². The molecule has 1 aromatic carbocycles. The van der Waals surface area contributed by atoms with Crippen molar-refractivity contribution in [2.75, 3.05) is 26.0 Å². The van der Waals surface area contributed by atoms with Gasteiger partial charge in [-0.15, -0.1) is 0 Å². The van der Waals surface area contributed by atoms with Gasteiger partial charge in [-0.25, -0.2) is 0 Å². The molecular weight excluding hydrogens is 453 g/mol. The highest BCUT2D eigenvalue weighted by Gasteiger charge is 2.56. The molecule has 5 rings (SSSR count). The first kappa shape index (κ1) is 24.1. The van der Waals surface area contributed by atoms with Gasteiger partial charge in [0.1, 0.15) is 0 Å². The van der Waals surface area contributed by atoms with Gasteiger partial charge in [-0.1, -0.05) is 38.1 Å². The molecule has 3 aliphatic rings. The molecule has 1 amide bonds. The molecule has 35 heavy (non-hydrogen) atoms. The van der Waals surface area contributed by atoms with Gasteiger partial charge in [0.25, 0.3) is 0 Å². The summed E-state index contributed by atoms with van der Waals surface area (Å²) < 4.78 is 42.4. The molecule has 5 nitrogen and oxygen atoms in total. The molecule has 1 aromatic heterocycles. The lowest BCUT2D eigenvalue weighted by molar-refractivity contribution is -0.196. The molecule has 2 fully saturated rings. The van der Waals surface area contributed by atoms with Crippen LogP contribution >= 0.6 is 0 Å². The van der Waals surface area contributed by atoms with E-state index >= 15 is 0 Å². The fraction of sp³-hybridized carbons (Fsp3) is 0.556. The summed E-state index contributed by atoms with van der Waals surface area (Å²) in [6, 6.07) is 9.37. The van der Waals surface area contributed by atoms with Crippen LogP contribution in [0, 0.1) is 5.92 Å². The van der Waals surface area contributed by atoms with Gasteiger partial charge in [0.05, 0.1) is 17.6 Å². The highest BCUT2D eigenvalue weighted by molar-refractivity contribution is 5.80. The van der Waals surface area contributed by atoms with Crippen LogP contribution in [0.25, 0.3) is 0 Å². The van der Waals surface area contributed by atoms with E-state index in [0.29, 0.717) is 18.5 Å². The third kappa shape index (κ3) is 3.99. The van der Waals surface area contributed by atoms with Crippen LogP contribution in [0.15, 0.2) is 42.6 Å². The SMILES string of the molecule is CN(C(=O)C1CC2(CCN2C)C1)[C@@H](c1ccc(NC2Cc3ccccc3C2(C)C)cn1)C(F)(F)F. The van der Waals surface area contributed by atoms with Crippen LogP contribution < -0.4 is 5.32 Å². The predicted molar refractivity (Wildman–Crippen MR) is 129 cm³/mol. The highest BCUT2D eigenvalue weighted by Crippen LogP contribution is 2.51. The molecule has 2 atom stereocenters. The molecule has 2 aromatic rings. The molecule has 1 saturated heterocycles. The number of halogens is 3. The number of nitrogens with one attached hydrogen (secondary N) is 1. The number of nitrogens with zero attached hydrogens (tertiary/aromatic N) is 3. The zero-order chi connectivity index (χ0) is 25.2. The van der Waals surface area contributed by atoms with Crippen LogP contribution in [0.5, 0.6) is 0 Å². The van der Waals surface area contributed by atoms with E-state index in [4.69, 9.17) is 0 Å². The molecule has 1 N–H and O–H groups in total. The van der Waals surface area contributed by atoms with Crippen molar-refractivity contribution in [1.82, 2.24) is 14.8 Å². The molecule has 0 radical (unpaired) electrons. The molecule has 0 bridgehead atoms. The summed E-state index contributed by atoms with van der Waals surface area (Å²) in [6.45, 7) is 5.32. The van der Waals surface area contributed by atoms with E-state index in [9.17, 15) is 18.0 Å². The molecule has 1 aliphatic heterocycles. The van der Waals surface area contributed by atoms with Gasteiger partial charge in [-0.3, -0.25) is 9.78 Å². The average molecular weight is 487 g/mol. The number of alkyl halides is 3. The maximum Gasteiger partial charge on any atom is 0.414 e. The second-order valence-electron chi connectivity index (χ2n) is 11.1. The fourth-order valence-corrected chi connectivity index (χ4v) is 6.28. The smallest absolute Gasteiger partial charge is 0.380 e.